The van der Waals surface area contributed by atoms with E-state index < -0.39 is 36.4 Å². The first-order valence-electron chi connectivity index (χ1n) is 5.39. The summed E-state index contributed by atoms with van der Waals surface area (Å²) in [6.45, 7) is -1.04. The minimum atomic E-state index is -4.87. The molecule has 0 saturated carbocycles. The number of carbonyl (C=O) groups is 2. The van der Waals surface area contributed by atoms with Crippen molar-refractivity contribution in [2.24, 2.45) is 5.41 Å². The third kappa shape index (κ3) is 2.20. The normalized spacial score (nSPS) is 23.6. The van der Waals surface area contributed by atoms with Crippen LogP contribution in [0, 0.1) is 5.41 Å². The largest absolute Gasteiger partial charge is 0.481 e. The Hall–Kier alpha value is -1.57. The molecule has 0 radical (unpaired) electrons. The topological polar surface area (TPSA) is 57.6 Å². The summed E-state index contributed by atoms with van der Waals surface area (Å²) in [5.74, 6) is -2.49. The Bertz CT molecular complexity index is 500. The number of nitrogens with zero attached hydrogens (tertiary/aromatic N) is 1. The summed E-state index contributed by atoms with van der Waals surface area (Å²) in [5.41, 5.74) is -2.56. The number of hydrogen-bond acceptors (Lipinski definition) is 3. The maximum absolute atomic E-state index is 12.9. The van der Waals surface area contributed by atoms with Gasteiger partial charge < -0.3 is 10.0 Å². The maximum atomic E-state index is 12.9. The molecule has 1 fully saturated rings. The number of carboxylic acid groups (broad SMARTS) is 1. The molecule has 104 valence electrons. The fraction of sp³-hybridized carbons (Fsp3) is 0.455. The smallest absolute Gasteiger partial charge is 0.406 e. The lowest BCUT2D eigenvalue weighted by molar-refractivity contribution is -0.227. The van der Waals surface area contributed by atoms with Gasteiger partial charge in [-0.2, -0.15) is 24.5 Å². The van der Waals surface area contributed by atoms with Crippen molar-refractivity contribution in [3.8, 4) is 0 Å². The second-order valence-electron chi connectivity index (χ2n) is 4.37. The molecule has 4 nitrogen and oxygen atoms in total. The van der Waals surface area contributed by atoms with Crippen molar-refractivity contribution in [2.75, 3.05) is 13.1 Å². The van der Waals surface area contributed by atoms with Crippen LogP contribution in [0.2, 0.25) is 0 Å². The van der Waals surface area contributed by atoms with E-state index in [1.165, 1.54) is 22.8 Å². The molecule has 1 atom stereocenters. The van der Waals surface area contributed by atoms with Crippen molar-refractivity contribution in [2.45, 2.75) is 12.6 Å². The molecule has 1 amide bonds. The number of hydrogen-bond donors (Lipinski definition) is 1. The van der Waals surface area contributed by atoms with Crippen molar-refractivity contribution in [1.82, 2.24) is 4.90 Å². The number of halogens is 3. The zero-order valence-electron chi connectivity index (χ0n) is 9.61. The van der Waals surface area contributed by atoms with Gasteiger partial charge in [-0.25, -0.2) is 0 Å². The summed E-state index contributed by atoms with van der Waals surface area (Å²) in [4.78, 5) is 23.8. The number of amides is 1. The molecule has 1 N–H and O–H groups in total. The zero-order chi connectivity index (χ0) is 14.3. The molecular formula is C11H10F3NO3S. The van der Waals surface area contributed by atoms with Crippen molar-refractivity contribution in [3.63, 3.8) is 0 Å². The van der Waals surface area contributed by atoms with E-state index in [9.17, 15) is 22.8 Å². The van der Waals surface area contributed by atoms with E-state index in [1.54, 1.807) is 5.38 Å². The van der Waals surface area contributed by atoms with Gasteiger partial charge in [0, 0.05) is 18.5 Å². The number of aliphatic carboxylic acids is 1. The number of carbonyl (C=O) groups excluding carboxylic acids is 1. The highest BCUT2D eigenvalue weighted by Crippen LogP contribution is 2.46. The predicted molar refractivity (Wildman–Crippen MR) is 61.0 cm³/mol. The molecule has 1 aliphatic rings. The van der Waals surface area contributed by atoms with Crippen LogP contribution in [0.3, 0.4) is 0 Å². The minimum absolute atomic E-state index is 0.208. The Balaban J connectivity index is 2.23. The van der Waals surface area contributed by atoms with Crippen molar-refractivity contribution in [1.29, 1.82) is 0 Å². The van der Waals surface area contributed by atoms with Gasteiger partial charge in [-0.15, -0.1) is 0 Å². The highest BCUT2D eigenvalue weighted by atomic mass is 32.1. The van der Waals surface area contributed by atoms with Gasteiger partial charge in [0.1, 0.15) is 0 Å². The number of carboxylic acids is 1. The summed E-state index contributed by atoms with van der Waals surface area (Å²) >= 11 is 1.25. The predicted octanol–water partition coefficient (Wildman–Crippen LogP) is 2.23. The van der Waals surface area contributed by atoms with Gasteiger partial charge in [0.25, 0.3) is 5.91 Å². The molecule has 1 aromatic heterocycles. The summed E-state index contributed by atoms with van der Waals surface area (Å²) in [5, 5.41) is 12.0. The first-order chi connectivity index (χ1) is 8.78. The quantitative estimate of drug-likeness (QED) is 0.909. The molecule has 0 bridgehead atoms. The molecule has 2 heterocycles. The summed E-state index contributed by atoms with van der Waals surface area (Å²) in [7, 11) is 0. The average molecular weight is 293 g/mol. The second kappa shape index (κ2) is 4.52. The van der Waals surface area contributed by atoms with Crippen LogP contribution in [-0.4, -0.2) is 41.1 Å². The lowest BCUT2D eigenvalue weighted by Crippen LogP contribution is -2.47. The molecule has 0 aromatic carbocycles. The Morgan fingerprint density at radius 2 is 2.11 bits per heavy atom. The Labute approximate surface area is 110 Å². The van der Waals surface area contributed by atoms with E-state index in [1.807, 2.05) is 0 Å². The molecule has 0 aliphatic carbocycles. The average Bonchev–Trinajstić information content (AvgIpc) is 2.97. The van der Waals surface area contributed by atoms with Crippen LogP contribution in [0.5, 0.6) is 0 Å². The number of thiophene rings is 1. The molecular weight excluding hydrogens is 283 g/mol. The maximum Gasteiger partial charge on any atom is 0.406 e. The number of alkyl halides is 3. The van der Waals surface area contributed by atoms with Gasteiger partial charge in [-0.05, 0) is 17.9 Å². The molecule has 19 heavy (non-hydrogen) atoms. The molecule has 1 saturated heterocycles. The third-order valence-corrected chi connectivity index (χ3v) is 3.96. The van der Waals surface area contributed by atoms with Crippen LogP contribution in [0.15, 0.2) is 16.8 Å². The van der Waals surface area contributed by atoms with Crippen LogP contribution < -0.4 is 0 Å². The first kappa shape index (κ1) is 13.9. The molecule has 0 spiro atoms. The molecule has 8 heteroatoms. The highest BCUT2D eigenvalue weighted by Gasteiger charge is 2.64. The number of likely N-dealkylation sites (tertiary alicyclic amines) is 1. The highest BCUT2D eigenvalue weighted by molar-refractivity contribution is 7.08. The molecule has 2 rings (SSSR count). The third-order valence-electron chi connectivity index (χ3n) is 3.28. The lowest BCUT2D eigenvalue weighted by atomic mass is 9.86. The fourth-order valence-corrected chi connectivity index (χ4v) is 2.71. The van der Waals surface area contributed by atoms with Crippen molar-refractivity contribution >= 4 is 23.2 Å². The van der Waals surface area contributed by atoms with E-state index in [2.05, 4.69) is 0 Å². The summed E-state index contributed by atoms with van der Waals surface area (Å²) < 4.78 is 38.8. The van der Waals surface area contributed by atoms with Crippen LogP contribution in [0.1, 0.15) is 16.8 Å². The van der Waals surface area contributed by atoms with Gasteiger partial charge in [-0.1, -0.05) is 0 Å². The Morgan fingerprint density at radius 3 is 2.53 bits per heavy atom. The van der Waals surface area contributed by atoms with Crippen LogP contribution in [-0.2, 0) is 4.79 Å². The van der Waals surface area contributed by atoms with E-state index >= 15 is 0 Å². The molecule has 1 aromatic rings. The molecule has 1 unspecified atom stereocenters. The van der Waals surface area contributed by atoms with Crippen LogP contribution >= 0.6 is 11.3 Å². The number of rotatable bonds is 2. The minimum Gasteiger partial charge on any atom is -0.481 e. The standard InChI is InChI=1S/C11H10F3NO3S/c12-11(13,14)10(9(17)18)2-3-15(6-10)8(16)7-1-4-19-5-7/h1,4-5H,2-3,6H2,(H,17,18). The van der Waals surface area contributed by atoms with E-state index in [0.717, 1.165) is 4.90 Å². The van der Waals surface area contributed by atoms with Gasteiger partial charge in [-0.3, -0.25) is 9.59 Å². The van der Waals surface area contributed by atoms with Crippen LogP contribution in [0.25, 0.3) is 0 Å². The van der Waals surface area contributed by atoms with Gasteiger partial charge in [0.05, 0.1) is 5.56 Å². The second-order valence-corrected chi connectivity index (χ2v) is 5.15. The van der Waals surface area contributed by atoms with E-state index in [-0.39, 0.29) is 12.1 Å². The van der Waals surface area contributed by atoms with Gasteiger partial charge >= 0.3 is 12.1 Å². The summed E-state index contributed by atoms with van der Waals surface area (Å²) in [6.07, 6.45) is -5.48. The fourth-order valence-electron chi connectivity index (χ4n) is 2.08. The first-order valence-corrected chi connectivity index (χ1v) is 6.34. The van der Waals surface area contributed by atoms with Crippen LogP contribution in [0.4, 0.5) is 13.2 Å². The van der Waals surface area contributed by atoms with Gasteiger partial charge in [0.15, 0.2) is 5.41 Å². The Morgan fingerprint density at radius 1 is 1.42 bits per heavy atom. The summed E-state index contributed by atoms with van der Waals surface area (Å²) in [6, 6.07) is 1.50. The monoisotopic (exact) mass is 293 g/mol. The zero-order valence-corrected chi connectivity index (χ0v) is 10.4. The molecule has 1 aliphatic heterocycles. The van der Waals surface area contributed by atoms with Crippen molar-refractivity contribution < 1.29 is 27.9 Å². The van der Waals surface area contributed by atoms with Crippen molar-refractivity contribution in [3.05, 3.63) is 22.4 Å². The Kier molecular flexibility index (Phi) is 3.29. The van der Waals surface area contributed by atoms with Gasteiger partial charge in [0.2, 0.25) is 0 Å². The SMILES string of the molecule is O=C(c1ccsc1)N1CCC(C(=O)O)(C(F)(F)F)C1. The van der Waals surface area contributed by atoms with E-state index in [0.29, 0.717) is 0 Å². The lowest BCUT2D eigenvalue weighted by Gasteiger charge is -2.27. The van der Waals surface area contributed by atoms with E-state index in [4.69, 9.17) is 5.11 Å².